The molecule has 1 fully saturated rings. The predicted molar refractivity (Wildman–Crippen MR) is 117 cm³/mol. The van der Waals surface area contributed by atoms with Crippen LogP contribution in [0.2, 0.25) is 0 Å². The molecule has 0 bridgehead atoms. The molecule has 1 nitrogen and oxygen atoms in total. The molecule has 0 aromatic heterocycles. The van der Waals surface area contributed by atoms with Crippen LogP contribution in [0.4, 0.5) is 0 Å². The normalized spacial score (nSPS) is 21.7. The van der Waals surface area contributed by atoms with Crippen molar-refractivity contribution in [2.24, 2.45) is 5.92 Å². The molecule has 1 N–H and O–H groups in total. The van der Waals surface area contributed by atoms with Crippen LogP contribution in [0.3, 0.4) is 0 Å². The highest BCUT2D eigenvalue weighted by Gasteiger charge is 2.20. The first-order valence-electron chi connectivity index (χ1n) is 10.4. The molecule has 26 heavy (non-hydrogen) atoms. The van der Waals surface area contributed by atoms with Gasteiger partial charge < -0.3 is 5.32 Å². The average Bonchev–Trinajstić information content (AvgIpc) is 2.67. The molecule has 0 atom stereocenters. The molecule has 0 amide bonds. The van der Waals surface area contributed by atoms with E-state index in [-0.39, 0.29) is 0 Å². The Balaban J connectivity index is 2.13. The SMILES string of the molecule is C=C/C(=C\C(=C/C)c1ccc(C)c(CCC)c1)CC1CCC(NC)CC1. The van der Waals surface area contributed by atoms with E-state index in [1.54, 1.807) is 0 Å². The van der Waals surface area contributed by atoms with E-state index in [0.717, 1.165) is 24.8 Å². The van der Waals surface area contributed by atoms with Crippen molar-refractivity contribution in [2.75, 3.05) is 7.05 Å². The quantitative estimate of drug-likeness (QED) is 0.518. The maximum Gasteiger partial charge on any atom is 0.00642 e. The van der Waals surface area contributed by atoms with Gasteiger partial charge in [0.15, 0.2) is 0 Å². The number of aryl methyl sites for hydroxylation is 2. The van der Waals surface area contributed by atoms with Gasteiger partial charge in [-0.25, -0.2) is 0 Å². The minimum atomic E-state index is 0.720. The molecule has 0 aliphatic heterocycles. The van der Waals surface area contributed by atoms with Crippen molar-refractivity contribution in [2.45, 2.75) is 71.8 Å². The fraction of sp³-hybridized carbons (Fsp3) is 0.520. The molecule has 0 saturated heterocycles. The second-order valence-corrected chi connectivity index (χ2v) is 7.77. The molecular formula is C25H37N. The van der Waals surface area contributed by atoms with Crippen molar-refractivity contribution in [3.8, 4) is 0 Å². The lowest BCUT2D eigenvalue weighted by Crippen LogP contribution is -2.30. The van der Waals surface area contributed by atoms with Crippen molar-refractivity contribution in [3.63, 3.8) is 0 Å². The Labute approximate surface area is 161 Å². The van der Waals surface area contributed by atoms with Gasteiger partial charge in [0, 0.05) is 6.04 Å². The molecule has 1 saturated carbocycles. The minimum absolute atomic E-state index is 0.720. The highest BCUT2D eigenvalue weighted by atomic mass is 14.9. The third-order valence-corrected chi connectivity index (χ3v) is 5.90. The Bertz CT molecular complexity index is 642. The topological polar surface area (TPSA) is 12.0 Å². The molecule has 2 rings (SSSR count). The number of hydrogen-bond acceptors (Lipinski definition) is 1. The van der Waals surface area contributed by atoms with Crippen LogP contribution in [-0.2, 0) is 6.42 Å². The van der Waals surface area contributed by atoms with E-state index in [4.69, 9.17) is 0 Å². The fourth-order valence-corrected chi connectivity index (χ4v) is 4.11. The third kappa shape index (κ3) is 5.71. The van der Waals surface area contributed by atoms with Gasteiger partial charge in [-0.3, -0.25) is 0 Å². The van der Waals surface area contributed by atoms with Gasteiger partial charge in [0.05, 0.1) is 0 Å². The van der Waals surface area contributed by atoms with Gasteiger partial charge in [0.1, 0.15) is 0 Å². The van der Waals surface area contributed by atoms with Crippen molar-refractivity contribution < 1.29 is 0 Å². The number of allylic oxidation sites excluding steroid dienone is 5. The van der Waals surface area contributed by atoms with Gasteiger partial charge >= 0.3 is 0 Å². The first-order chi connectivity index (χ1) is 12.6. The molecule has 1 aromatic rings. The van der Waals surface area contributed by atoms with Crippen LogP contribution in [0.25, 0.3) is 5.57 Å². The van der Waals surface area contributed by atoms with Crippen LogP contribution in [0.5, 0.6) is 0 Å². The van der Waals surface area contributed by atoms with Gasteiger partial charge in [-0.05, 0) is 93.2 Å². The Morgan fingerprint density at radius 2 is 1.96 bits per heavy atom. The molecule has 1 aliphatic carbocycles. The van der Waals surface area contributed by atoms with E-state index in [1.807, 2.05) is 0 Å². The van der Waals surface area contributed by atoms with Gasteiger partial charge in [-0.2, -0.15) is 0 Å². The van der Waals surface area contributed by atoms with E-state index in [9.17, 15) is 0 Å². The summed E-state index contributed by atoms with van der Waals surface area (Å²) < 4.78 is 0. The molecule has 1 aliphatic rings. The summed E-state index contributed by atoms with van der Waals surface area (Å²) in [4.78, 5) is 0. The van der Waals surface area contributed by atoms with Gasteiger partial charge in [0.25, 0.3) is 0 Å². The smallest absolute Gasteiger partial charge is 0.00642 e. The minimum Gasteiger partial charge on any atom is -0.317 e. The number of hydrogen-bond donors (Lipinski definition) is 1. The van der Waals surface area contributed by atoms with Crippen LogP contribution in [-0.4, -0.2) is 13.1 Å². The van der Waals surface area contributed by atoms with Crippen LogP contribution < -0.4 is 5.32 Å². The standard InChI is InChI=1S/C25H37N/c1-6-9-23-18-24(13-10-19(23)4)22(8-3)17-20(7-2)16-21-11-14-25(26-5)15-12-21/h7-8,10,13,17-18,21,25-26H,2,6,9,11-12,14-16H2,1,3-5H3/b20-17+,22-8+. The van der Waals surface area contributed by atoms with Gasteiger partial charge in [-0.15, -0.1) is 0 Å². The van der Waals surface area contributed by atoms with Crippen LogP contribution >= 0.6 is 0 Å². The molecule has 0 radical (unpaired) electrons. The Kier molecular flexibility index (Phi) is 8.38. The van der Waals surface area contributed by atoms with Crippen molar-refractivity contribution in [1.29, 1.82) is 0 Å². The molecule has 1 heteroatoms. The Hall–Kier alpha value is -1.60. The second kappa shape index (κ2) is 10.5. The first-order valence-corrected chi connectivity index (χ1v) is 10.4. The predicted octanol–water partition coefficient (Wildman–Crippen LogP) is 6.63. The lowest BCUT2D eigenvalue weighted by molar-refractivity contribution is 0.301. The zero-order valence-electron chi connectivity index (χ0n) is 17.3. The second-order valence-electron chi connectivity index (χ2n) is 7.77. The zero-order valence-corrected chi connectivity index (χ0v) is 17.3. The molecular weight excluding hydrogens is 314 g/mol. The molecule has 1 aromatic carbocycles. The summed E-state index contributed by atoms with van der Waals surface area (Å²) in [5, 5.41) is 3.43. The lowest BCUT2D eigenvalue weighted by atomic mass is 9.82. The van der Waals surface area contributed by atoms with Crippen LogP contribution in [0.15, 0.2) is 48.6 Å². The summed E-state index contributed by atoms with van der Waals surface area (Å²) >= 11 is 0. The molecule has 0 spiro atoms. The maximum absolute atomic E-state index is 4.09. The van der Waals surface area contributed by atoms with E-state index in [2.05, 4.69) is 76.1 Å². The summed E-state index contributed by atoms with van der Waals surface area (Å²) in [6, 6.07) is 7.63. The first kappa shape index (κ1) is 20.7. The number of benzene rings is 1. The number of rotatable bonds is 8. The van der Waals surface area contributed by atoms with Crippen molar-refractivity contribution in [1.82, 2.24) is 5.32 Å². The summed E-state index contributed by atoms with van der Waals surface area (Å²) in [6.07, 6.45) is 15.4. The summed E-state index contributed by atoms with van der Waals surface area (Å²) in [5.41, 5.74) is 6.91. The van der Waals surface area contributed by atoms with Crippen LogP contribution in [0, 0.1) is 12.8 Å². The summed E-state index contributed by atoms with van der Waals surface area (Å²) in [6.45, 7) is 10.7. The third-order valence-electron chi connectivity index (χ3n) is 5.90. The zero-order chi connectivity index (χ0) is 18.9. The van der Waals surface area contributed by atoms with Crippen LogP contribution in [0.1, 0.15) is 69.1 Å². The Morgan fingerprint density at radius 3 is 2.54 bits per heavy atom. The van der Waals surface area contributed by atoms with E-state index >= 15 is 0 Å². The van der Waals surface area contributed by atoms with E-state index in [0.29, 0.717) is 0 Å². The molecule has 0 unspecified atom stereocenters. The number of nitrogens with one attached hydrogen (secondary N) is 1. The molecule has 142 valence electrons. The molecule has 0 heterocycles. The van der Waals surface area contributed by atoms with Gasteiger partial charge in [-0.1, -0.05) is 56.4 Å². The highest BCUT2D eigenvalue weighted by molar-refractivity contribution is 5.75. The highest BCUT2D eigenvalue weighted by Crippen LogP contribution is 2.31. The van der Waals surface area contributed by atoms with E-state index < -0.39 is 0 Å². The van der Waals surface area contributed by atoms with E-state index in [1.165, 1.54) is 59.9 Å². The van der Waals surface area contributed by atoms with Gasteiger partial charge in [0.2, 0.25) is 0 Å². The summed E-state index contributed by atoms with van der Waals surface area (Å²) in [5.74, 6) is 0.802. The van der Waals surface area contributed by atoms with Crippen molar-refractivity contribution >= 4 is 5.57 Å². The Morgan fingerprint density at radius 1 is 1.23 bits per heavy atom. The average molecular weight is 352 g/mol. The largest absolute Gasteiger partial charge is 0.317 e. The monoisotopic (exact) mass is 351 g/mol. The maximum atomic E-state index is 4.09. The fourth-order valence-electron chi connectivity index (χ4n) is 4.11. The van der Waals surface area contributed by atoms with Crippen molar-refractivity contribution in [3.05, 3.63) is 65.3 Å². The lowest BCUT2D eigenvalue weighted by Gasteiger charge is -2.28. The summed E-state index contributed by atoms with van der Waals surface area (Å²) in [7, 11) is 2.09.